The first-order valence-corrected chi connectivity index (χ1v) is 3.58. The van der Waals surface area contributed by atoms with E-state index < -0.39 is 0 Å². The van der Waals surface area contributed by atoms with Crippen molar-refractivity contribution >= 4 is 36.4 Å². The first-order valence-electron chi connectivity index (χ1n) is 3.20. The van der Waals surface area contributed by atoms with Crippen LogP contribution in [-0.2, 0) is 13.1 Å². The third kappa shape index (κ3) is 2.23. The van der Waals surface area contributed by atoms with Crippen molar-refractivity contribution in [2.45, 2.75) is 13.1 Å². The fourth-order valence-corrected chi connectivity index (χ4v) is 1.32. The fourth-order valence-electron chi connectivity index (χ4n) is 1.14. The number of hydrogen-bond acceptors (Lipinski definition) is 2. The van der Waals surface area contributed by atoms with Gasteiger partial charge in [-0.2, -0.15) is 0 Å². The summed E-state index contributed by atoms with van der Waals surface area (Å²) in [6, 6.07) is 1.96. The van der Waals surface area contributed by atoms with E-state index in [0.29, 0.717) is 0 Å². The molecule has 1 N–H and O–H groups in total. The Morgan fingerprint density at radius 1 is 1.33 bits per heavy atom. The maximum absolute atomic E-state index is 5.73. The Morgan fingerprint density at radius 2 is 2.08 bits per heavy atom. The molecule has 0 saturated carbocycles. The van der Waals surface area contributed by atoms with Gasteiger partial charge < -0.3 is 5.32 Å². The highest BCUT2D eigenvalue weighted by atomic mass is 35.5. The number of rotatable bonds is 0. The number of pyridine rings is 1. The molecule has 1 aromatic heterocycles. The molecule has 1 aliphatic heterocycles. The highest BCUT2D eigenvalue weighted by molar-refractivity contribution is 6.30. The minimum atomic E-state index is 0. The lowest BCUT2D eigenvalue weighted by molar-refractivity contribution is 0.757. The van der Waals surface area contributed by atoms with Crippen LogP contribution >= 0.6 is 36.4 Å². The normalized spacial score (nSPS) is 12.8. The molecule has 0 radical (unpaired) electrons. The van der Waals surface area contributed by atoms with Crippen molar-refractivity contribution in [2.24, 2.45) is 0 Å². The average molecular weight is 228 g/mol. The molecule has 1 aromatic rings. The second-order valence-electron chi connectivity index (χ2n) is 2.36. The van der Waals surface area contributed by atoms with Crippen LogP contribution in [0.25, 0.3) is 0 Å². The van der Waals surface area contributed by atoms with Crippen LogP contribution < -0.4 is 5.32 Å². The fraction of sp³-hybridized carbons (Fsp3) is 0.286. The molecule has 5 heteroatoms. The van der Waals surface area contributed by atoms with E-state index in [0.717, 1.165) is 23.8 Å². The summed E-state index contributed by atoms with van der Waals surface area (Å²) in [5.41, 5.74) is 2.36. The highest BCUT2D eigenvalue weighted by Gasteiger charge is 2.10. The zero-order valence-corrected chi connectivity index (χ0v) is 8.60. The molecule has 2 rings (SSSR count). The third-order valence-electron chi connectivity index (χ3n) is 1.63. The van der Waals surface area contributed by atoms with Gasteiger partial charge in [-0.3, -0.25) is 4.98 Å². The van der Waals surface area contributed by atoms with Crippen LogP contribution in [0.1, 0.15) is 11.3 Å². The Labute approximate surface area is 88.5 Å². The van der Waals surface area contributed by atoms with E-state index in [4.69, 9.17) is 11.6 Å². The van der Waals surface area contributed by atoms with E-state index in [-0.39, 0.29) is 24.8 Å². The molecule has 0 saturated heterocycles. The highest BCUT2D eigenvalue weighted by Crippen LogP contribution is 2.16. The number of nitrogens with zero attached hydrogens (tertiary/aromatic N) is 1. The lowest BCUT2D eigenvalue weighted by Gasteiger charge is -1.94. The molecule has 0 amide bonds. The minimum Gasteiger partial charge on any atom is -0.307 e. The summed E-state index contributed by atoms with van der Waals surface area (Å²) in [7, 11) is 0. The van der Waals surface area contributed by atoms with Crippen LogP contribution in [0.15, 0.2) is 12.3 Å². The molecule has 0 spiro atoms. The van der Waals surface area contributed by atoms with Gasteiger partial charge in [0.25, 0.3) is 0 Å². The van der Waals surface area contributed by atoms with Crippen LogP contribution in [0, 0.1) is 0 Å². The standard InChI is InChI=1S/C7H7ClN2.2ClH/c8-6-1-5-2-9-4-7(5)10-3-6;;/h1,3,9H,2,4H2;2*1H. The summed E-state index contributed by atoms with van der Waals surface area (Å²) in [5.74, 6) is 0. The molecular formula is C7H9Cl3N2. The van der Waals surface area contributed by atoms with Gasteiger partial charge in [-0.05, 0) is 11.6 Å². The number of aromatic nitrogens is 1. The van der Waals surface area contributed by atoms with Crippen molar-refractivity contribution in [1.29, 1.82) is 0 Å². The molecular weight excluding hydrogens is 218 g/mol. The van der Waals surface area contributed by atoms with E-state index in [2.05, 4.69) is 10.3 Å². The van der Waals surface area contributed by atoms with Crippen LogP contribution in [0.3, 0.4) is 0 Å². The Kier molecular flexibility index (Phi) is 4.87. The second kappa shape index (κ2) is 4.87. The lowest BCUT2D eigenvalue weighted by atomic mass is 10.2. The molecule has 0 bridgehead atoms. The predicted octanol–water partition coefficient (Wildman–Crippen LogP) is 2.18. The smallest absolute Gasteiger partial charge is 0.0592 e. The Morgan fingerprint density at radius 3 is 2.83 bits per heavy atom. The second-order valence-corrected chi connectivity index (χ2v) is 2.80. The summed E-state index contributed by atoms with van der Waals surface area (Å²) in [4.78, 5) is 4.16. The van der Waals surface area contributed by atoms with Crippen LogP contribution in [0.4, 0.5) is 0 Å². The summed E-state index contributed by atoms with van der Waals surface area (Å²) >= 11 is 5.73. The number of halogens is 3. The van der Waals surface area contributed by atoms with Gasteiger partial charge in [-0.25, -0.2) is 0 Å². The number of hydrogen-bond donors (Lipinski definition) is 1. The molecule has 0 fully saturated rings. The zero-order valence-electron chi connectivity index (χ0n) is 6.21. The molecule has 2 heterocycles. The molecule has 0 aliphatic carbocycles. The number of fused-ring (bicyclic) bond motifs is 1. The van der Waals surface area contributed by atoms with Gasteiger partial charge in [0.05, 0.1) is 10.7 Å². The van der Waals surface area contributed by atoms with Gasteiger partial charge >= 0.3 is 0 Å². The molecule has 0 unspecified atom stereocenters. The zero-order chi connectivity index (χ0) is 6.97. The number of nitrogens with one attached hydrogen (secondary N) is 1. The van der Waals surface area contributed by atoms with Crippen molar-refractivity contribution in [1.82, 2.24) is 10.3 Å². The van der Waals surface area contributed by atoms with E-state index in [1.165, 1.54) is 5.56 Å². The van der Waals surface area contributed by atoms with Gasteiger partial charge in [0.2, 0.25) is 0 Å². The average Bonchev–Trinajstić information content (AvgIpc) is 2.33. The van der Waals surface area contributed by atoms with E-state index in [1.807, 2.05) is 6.07 Å². The molecule has 12 heavy (non-hydrogen) atoms. The van der Waals surface area contributed by atoms with Gasteiger partial charge in [0.15, 0.2) is 0 Å². The van der Waals surface area contributed by atoms with Crippen molar-refractivity contribution in [3.05, 3.63) is 28.5 Å². The Bertz CT molecular complexity index is 265. The molecule has 1 aliphatic rings. The summed E-state index contributed by atoms with van der Waals surface area (Å²) in [5, 5.41) is 3.92. The first-order chi connectivity index (χ1) is 4.86. The summed E-state index contributed by atoms with van der Waals surface area (Å²) < 4.78 is 0. The summed E-state index contributed by atoms with van der Waals surface area (Å²) in [6.45, 7) is 1.79. The van der Waals surface area contributed by atoms with Crippen molar-refractivity contribution in [2.75, 3.05) is 0 Å². The topological polar surface area (TPSA) is 24.9 Å². The minimum absolute atomic E-state index is 0. The molecule has 2 nitrogen and oxygen atoms in total. The Balaban J connectivity index is 0.000000605. The molecule has 68 valence electrons. The van der Waals surface area contributed by atoms with Crippen LogP contribution in [0.2, 0.25) is 5.02 Å². The van der Waals surface area contributed by atoms with Gasteiger partial charge in [-0.15, -0.1) is 24.8 Å². The maximum Gasteiger partial charge on any atom is 0.0592 e. The quantitative estimate of drug-likeness (QED) is 0.735. The van der Waals surface area contributed by atoms with E-state index in [1.54, 1.807) is 6.20 Å². The van der Waals surface area contributed by atoms with Gasteiger partial charge in [0.1, 0.15) is 0 Å². The van der Waals surface area contributed by atoms with E-state index in [9.17, 15) is 0 Å². The van der Waals surface area contributed by atoms with Crippen molar-refractivity contribution in [3.8, 4) is 0 Å². The molecule has 0 aromatic carbocycles. The third-order valence-corrected chi connectivity index (χ3v) is 1.84. The van der Waals surface area contributed by atoms with Crippen LogP contribution in [0.5, 0.6) is 0 Å². The van der Waals surface area contributed by atoms with E-state index >= 15 is 0 Å². The van der Waals surface area contributed by atoms with Gasteiger partial charge in [0, 0.05) is 19.3 Å². The molecule has 0 atom stereocenters. The van der Waals surface area contributed by atoms with Crippen LogP contribution in [-0.4, -0.2) is 4.98 Å². The largest absolute Gasteiger partial charge is 0.307 e. The van der Waals surface area contributed by atoms with Crippen molar-refractivity contribution < 1.29 is 0 Å². The SMILES string of the molecule is Cl.Cl.Clc1cnc2c(c1)CNC2. The first kappa shape index (κ1) is 12.0. The maximum atomic E-state index is 5.73. The predicted molar refractivity (Wildman–Crippen MR) is 54.3 cm³/mol. The summed E-state index contributed by atoms with van der Waals surface area (Å²) in [6.07, 6.45) is 1.69. The van der Waals surface area contributed by atoms with Crippen molar-refractivity contribution in [3.63, 3.8) is 0 Å². The monoisotopic (exact) mass is 226 g/mol. The van der Waals surface area contributed by atoms with Gasteiger partial charge in [-0.1, -0.05) is 11.6 Å². The lowest BCUT2D eigenvalue weighted by Crippen LogP contribution is -2.00. The Hall–Kier alpha value is -0.0200.